The molecule has 106 valence electrons. The number of rotatable bonds is 2. The van der Waals surface area contributed by atoms with Crippen LogP contribution in [-0.2, 0) is 10.2 Å². The lowest BCUT2D eigenvalue weighted by atomic mass is 9.84. The molecule has 1 aromatic rings. The van der Waals surface area contributed by atoms with Gasteiger partial charge in [0, 0.05) is 24.2 Å². The van der Waals surface area contributed by atoms with Gasteiger partial charge in [-0.2, -0.15) is 0 Å². The Bertz CT molecular complexity index is 583. The van der Waals surface area contributed by atoms with Gasteiger partial charge < -0.3 is 4.90 Å². The first-order valence-corrected chi connectivity index (χ1v) is 7.40. The standard InChI is InChI=1S/C17H21NO2/c1-17(2)13-10-12(15(19)11-6-4-5-7-11)8-9-14(13)18(3)16(17)20/h8-11H,4-7H2,1-3H3. The minimum absolute atomic E-state index is 0.0953. The molecule has 3 nitrogen and oxygen atoms in total. The normalized spacial score (nSPS) is 21.4. The van der Waals surface area contributed by atoms with Gasteiger partial charge in [-0.1, -0.05) is 12.8 Å². The molecule has 20 heavy (non-hydrogen) atoms. The van der Waals surface area contributed by atoms with E-state index in [1.165, 1.54) is 0 Å². The van der Waals surface area contributed by atoms with Gasteiger partial charge >= 0.3 is 0 Å². The van der Waals surface area contributed by atoms with Crippen LogP contribution in [0.3, 0.4) is 0 Å². The summed E-state index contributed by atoms with van der Waals surface area (Å²) in [4.78, 5) is 26.5. The quantitative estimate of drug-likeness (QED) is 0.774. The molecule has 3 rings (SSSR count). The fourth-order valence-corrected chi connectivity index (χ4v) is 3.55. The Balaban J connectivity index is 2.00. The van der Waals surface area contributed by atoms with Crippen molar-refractivity contribution in [2.75, 3.05) is 11.9 Å². The minimum atomic E-state index is -0.532. The van der Waals surface area contributed by atoms with Gasteiger partial charge in [-0.15, -0.1) is 0 Å². The maximum atomic E-state index is 12.5. The summed E-state index contributed by atoms with van der Waals surface area (Å²) < 4.78 is 0. The monoisotopic (exact) mass is 271 g/mol. The third kappa shape index (κ3) is 1.80. The van der Waals surface area contributed by atoms with Crippen LogP contribution in [0.25, 0.3) is 0 Å². The van der Waals surface area contributed by atoms with Crippen molar-refractivity contribution in [2.24, 2.45) is 5.92 Å². The molecule has 1 aliphatic heterocycles. The van der Waals surface area contributed by atoms with Crippen molar-refractivity contribution in [3.63, 3.8) is 0 Å². The van der Waals surface area contributed by atoms with Crippen molar-refractivity contribution in [1.82, 2.24) is 0 Å². The molecule has 0 bridgehead atoms. The maximum Gasteiger partial charge on any atom is 0.236 e. The van der Waals surface area contributed by atoms with Crippen molar-refractivity contribution in [1.29, 1.82) is 0 Å². The van der Waals surface area contributed by atoms with E-state index in [4.69, 9.17) is 0 Å². The summed E-state index contributed by atoms with van der Waals surface area (Å²) in [6.07, 6.45) is 4.35. The van der Waals surface area contributed by atoms with Gasteiger partial charge in [-0.25, -0.2) is 0 Å². The van der Waals surface area contributed by atoms with E-state index in [9.17, 15) is 9.59 Å². The summed E-state index contributed by atoms with van der Waals surface area (Å²) in [5.74, 6) is 0.534. The number of hydrogen-bond acceptors (Lipinski definition) is 2. The van der Waals surface area contributed by atoms with Gasteiger partial charge in [-0.05, 0) is 50.5 Å². The van der Waals surface area contributed by atoms with Crippen LogP contribution >= 0.6 is 0 Å². The van der Waals surface area contributed by atoms with E-state index >= 15 is 0 Å². The van der Waals surface area contributed by atoms with Crippen molar-refractivity contribution >= 4 is 17.4 Å². The third-order valence-corrected chi connectivity index (χ3v) is 4.88. The molecule has 1 fully saturated rings. The molecular formula is C17H21NO2. The molecule has 3 heteroatoms. The predicted octanol–water partition coefficient (Wildman–Crippen LogP) is 3.31. The number of benzene rings is 1. The first-order chi connectivity index (χ1) is 9.43. The smallest absolute Gasteiger partial charge is 0.236 e. The molecule has 1 aromatic carbocycles. The summed E-state index contributed by atoms with van der Waals surface area (Å²) in [6, 6.07) is 5.74. The summed E-state index contributed by atoms with van der Waals surface area (Å²) >= 11 is 0. The molecule has 0 spiro atoms. The number of carbonyl (C=O) groups excluding carboxylic acids is 2. The van der Waals surface area contributed by atoms with Crippen LogP contribution in [0.5, 0.6) is 0 Å². The zero-order valence-electron chi connectivity index (χ0n) is 12.4. The van der Waals surface area contributed by atoms with E-state index in [1.54, 1.807) is 11.9 Å². The number of carbonyl (C=O) groups is 2. The van der Waals surface area contributed by atoms with Crippen LogP contribution in [0, 0.1) is 5.92 Å². The van der Waals surface area contributed by atoms with Gasteiger partial charge in [0.25, 0.3) is 0 Å². The Kier molecular flexibility index (Phi) is 2.96. The second kappa shape index (κ2) is 4.44. The molecule has 0 aromatic heterocycles. The van der Waals surface area contributed by atoms with E-state index in [0.717, 1.165) is 42.5 Å². The molecule has 1 aliphatic carbocycles. The lowest BCUT2D eigenvalue weighted by molar-refractivity contribution is -0.121. The SMILES string of the molecule is CN1C(=O)C(C)(C)c2cc(C(=O)C3CCCC3)ccc21. The summed E-state index contributed by atoms with van der Waals surface area (Å²) in [6.45, 7) is 3.86. The Labute approximate surface area is 120 Å². The van der Waals surface area contributed by atoms with Crippen LogP contribution in [0.2, 0.25) is 0 Å². The number of amides is 1. The topological polar surface area (TPSA) is 37.4 Å². The second-order valence-corrected chi connectivity index (χ2v) is 6.57. The number of anilines is 1. The summed E-state index contributed by atoms with van der Waals surface area (Å²) in [5.41, 5.74) is 2.15. The van der Waals surface area contributed by atoms with Crippen molar-refractivity contribution in [3.05, 3.63) is 29.3 Å². The van der Waals surface area contributed by atoms with Crippen LogP contribution in [0.4, 0.5) is 5.69 Å². The highest BCUT2D eigenvalue weighted by atomic mass is 16.2. The Hall–Kier alpha value is -1.64. The summed E-state index contributed by atoms with van der Waals surface area (Å²) in [7, 11) is 1.80. The number of nitrogens with zero attached hydrogens (tertiary/aromatic N) is 1. The van der Waals surface area contributed by atoms with Gasteiger partial charge in [0.15, 0.2) is 5.78 Å². The number of Topliss-reactive ketones (excluding diaryl/α,β-unsaturated/α-hetero) is 1. The predicted molar refractivity (Wildman–Crippen MR) is 79.2 cm³/mol. The number of likely N-dealkylation sites (N-methyl/N-ethyl adjacent to an activating group) is 1. The van der Waals surface area contributed by atoms with E-state index in [-0.39, 0.29) is 17.6 Å². The van der Waals surface area contributed by atoms with Gasteiger partial charge in [-0.3, -0.25) is 9.59 Å². The van der Waals surface area contributed by atoms with E-state index < -0.39 is 5.41 Å². The maximum absolute atomic E-state index is 12.5. The van der Waals surface area contributed by atoms with Crippen LogP contribution in [0.1, 0.15) is 55.5 Å². The zero-order chi connectivity index (χ0) is 14.5. The first kappa shape index (κ1) is 13.3. The van der Waals surface area contributed by atoms with Crippen molar-refractivity contribution in [3.8, 4) is 0 Å². The minimum Gasteiger partial charge on any atom is -0.314 e. The largest absolute Gasteiger partial charge is 0.314 e. The lowest BCUT2D eigenvalue weighted by Crippen LogP contribution is -2.33. The third-order valence-electron chi connectivity index (χ3n) is 4.88. The molecule has 0 saturated heterocycles. The zero-order valence-corrected chi connectivity index (χ0v) is 12.4. The van der Waals surface area contributed by atoms with E-state index in [2.05, 4.69) is 0 Å². The average molecular weight is 271 g/mol. The van der Waals surface area contributed by atoms with Crippen LogP contribution in [0.15, 0.2) is 18.2 Å². The number of hydrogen-bond donors (Lipinski definition) is 0. The molecule has 2 aliphatic rings. The summed E-state index contributed by atoms with van der Waals surface area (Å²) in [5, 5.41) is 0. The fraction of sp³-hybridized carbons (Fsp3) is 0.529. The molecule has 0 radical (unpaired) electrons. The van der Waals surface area contributed by atoms with Crippen molar-refractivity contribution < 1.29 is 9.59 Å². The molecule has 1 saturated carbocycles. The van der Waals surface area contributed by atoms with Gasteiger partial charge in [0.1, 0.15) is 0 Å². The number of fused-ring (bicyclic) bond motifs is 1. The Morgan fingerprint density at radius 2 is 1.90 bits per heavy atom. The highest BCUT2D eigenvalue weighted by Crippen LogP contribution is 2.41. The fourth-order valence-electron chi connectivity index (χ4n) is 3.55. The highest BCUT2D eigenvalue weighted by Gasteiger charge is 2.42. The molecule has 0 atom stereocenters. The number of ketones is 1. The molecular weight excluding hydrogens is 250 g/mol. The lowest BCUT2D eigenvalue weighted by Gasteiger charge is -2.17. The molecule has 0 N–H and O–H groups in total. The van der Waals surface area contributed by atoms with E-state index in [1.807, 2.05) is 32.0 Å². The highest BCUT2D eigenvalue weighted by molar-refractivity contribution is 6.08. The van der Waals surface area contributed by atoms with Gasteiger partial charge in [0.2, 0.25) is 5.91 Å². The molecule has 1 amide bonds. The second-order valence-electron chi connectivity index (χ2n) is 6.57. The molecule has 1 heterocycles. The Morgan fingerprint density at radius 3 is 2.55 bits per heavy atom. The average Bonchev–Trinajstić information content (AvgIpc) is 3.02. The van der Waals surface area contributed by atoms with Crippen LogP contribution < -0.4 is 4.90 Å². The van der Waals surface area contributed by atoms with Gasteiger partial charge in [0.05, 0.1) is 5.41 Å². The Morgan fingerprint density at radius 1 is 1.25 bits per heavy atom. The van der Waals surface area contributed by atoms with Crippen LogP contribution in [-0.4, -0.2) is 18.7 Å². The molecule has 0 unspecified atom stereocenters. The van der Waals surface area contributed by atoms with E-state index in [0.29, 0.717) is 0 Å². The van der Waals surface area contributed by atoms with Crippen molar-refractivity contribution in [2.45, 2.75) is 44.9 Å². The first-order valence-electron chi connectivity index (χ1n) is 7.40.